The van der Waals surface area contributed by atoms with Crippen LogP contribution < -0.4 is 15.7 Å². The molecule has 1 nitrogen and oxygen atoms in total. The number of anilines is 2. The van der Waals surface area contributed by atoms with Gasteiger partial charge < -0.3 is 4.81 Å². The van der Waals surface area contributed by atoms with Crippen LogP contribution in [-0.2, 0) is 0 Å². The molecule has 0 bridgehead atoms. The molecule has 0 unspecified atom stereocenters. The first-order chi connectivity index (χ1) is 16.9. The molecule has 0 spiro atoms. The van der Waals surface area contributed by atoms with E-state index in [4.69, 9.17) is 0 Å². The number of benzene rings is 6. The minimum atomic E-state index is 0.148. The van der Waals surface area contributed by atoms with Gasteiger partial charge in [0.1, 0.15) is 0 Å². The standard InChI is InChI=1S/C32H20BN/c1-3-11-23-19-31-27(17-21(23)9-1)25-13-5-7-15-29(25)33-30-16-8-6-14-26(30)28-18-22-10-2-4-12-24(22)20-32(28)34(31)33/h1-20H. The Bertz CT molecular complexity index is 1650. The first-order valence-corrected chi connectivity index (χ1v) is 11.9. The van der Waals surface area contributed by atoms with Crippen LogP contribution in [0, 0.1) is 0 Å². The summed E-state index contributed by atoms with van der Waals surface area (Å²) in [6, 6.07) is 44.9. The van der Waals surface area contributed by atoms with E-state index in [1.807, 2.05) is 0 Å². The van der Waals surface area contributed by atoms with E-state index in [9.17, 15) is 0 Å². The second-order valence-electron chi connectivity index (χ2n) is 9.38. The van der Waals surface area contributed by atoms with Crippen LogP contribution in [0.5, 0.6) is 0 Å². The van der Waals surface area contributed by atoms with E-state index in [-0.39, 0.29) is 6.85 Å². The zero-order valence-electron chi connectivity index (χ0n) is 18.6. The molecule has 0 amide bonds. The SMILES string of the molecule is c1ccc2c(c1)B1c3ccccc3-c3cc4ccccc4cc3N1c1cc3ccccc3cc1-2. The zero-order chi connectivity index (χ0) is 22.2. The van der Waals surface area contributed by atoms with E-state index in [0.717, 1.165) is 0 Å². The smallest absolute Gasteiger partial charge is 0.329 e. The Hall–Kier alpha value is -4.30. The van der Waals surface area contributed by atoms with Gasteiger partial charge in [-0.25, -0.2) is 0 Å². The van der Waals surface area contributed by atoms with Crippen LogP contribution in [0.1, 0.15) is 0 Å². The summed E-state index contributed by atoms with van der Waals surface area (Å²) in [5.41, 5.74) is 10.6. The molecule has 0 saturated heterocycles. The van der Waals surface area contributed by atoms with Gasteiger partial charge in [0.05, 0.1) is 0 Å². The Morgan fingerprint density at radius 2 is 0.765 bits per heavy atom. The van der Waals surface area contributed by atoms with Gasteiger partial charge in [-0.15, -0.1) is 0 Å². The summed E-state index contributed by atoms with van der Waals surface area (Å²) < 4.78 is 0. The Labute approximate surface area is 199 Å². The maximum Gasteiger partial charge on any atom is 0.329 e. The van der Waals surface area contributed by atoms with Crippen molar-refractivity contribution >= 4 is 50.7 Å². The van der Waals surface area contributed by atoms with Gasteiger partial charge in [-0.1, -0.05) is 97.1 Å². The average Bonchev–Trinajstić information content (AvgIpc) is 2.91. The molecular formula is C32H20BN. The minimum absolute atomic E-state index is 0.148. The lowest BCUT2D eigenvalue weighted by atomic mass is 9.43. The van der Waals surface area contributed by atoms with Crippen molar-refractivity contribution < 1.29 is 0 Å². The van der Waals surface area contributed by atoms with Crippen molar-refractivity contribution in [3.05, 3.63) is 121 Å². The summed E-state index contributed by atoms with van der Waals surface area (Å²) in [5, 5.41) is 5.12. The van der Waals surface area contributed by atoms with E-state index >= 15 is 0 Å². The summed E-state index contributed by atoms with van der Waals surface area (Å²) in [6.07, 6.45) is 0. The Morgan fingerprint density at radius 1 is 0.382 bits per heavy atom. The Morgan fingerprint density at radius 3 is 1.24 bits per heavy atom. The van der Waals surface area contributed by atoms with Gasteiger partial charge in [0, 0.05) is 22.5 Å². The molecule has 2 heteroatoms. The lowest BCUT2D eigenvalue weighted by molar-refractivity contribution is 1.36. The molecule has 2 aliphatic heterocycles. The molecule has 2 heterocycles. The van der Waals surface area contributed by atoms with Crippen LogP contribution >= 0.6 is 0 Å². The second-order valence-corrected chi connectivity index (χ2v) is 9.38. The molecule has 2 aliphatic rings. The van der Waals surface area contributed by atoms with Gasteiger partial charge in [0.15, 0.2) is 0 Å². The predicted molar refractivity (Wildman–Crippen MR) is 146 cm³/mol. The van der Waals surface area contributed by atoms with E-state index in [1.165, 1.54) is 66.1 Å². The van der Waals surface area contributed by atoms with E-state index in [1.54, 1.807) is 0 Å². The normalized spacial score (nSPS) is 13.2. The second kappa shape index (κ2) is 6.62. The van der Waals surface area contributed by atoms with Crippen molar-refractivity contribution in [2.75, 3.05) is 4.81 Å². The van der Waals surface area contributed by atoms with Gasteiger partial charge in [0.25, 0.3) is 0 Å². The number of fused-ring (bicyclic) bond motifs is 13. The Kier molecular flexibility index (Phi) is 3.54. The number of hydrogen-bond donors (Lipinski definition) is 0. The monoisotopic (exact) mass is 429 g/mol. The van der Waals surface area contributed by atoms with Gasteiger partial charge in [-0.2, -0.15) is 0 Å². The maximum atomic E-state index is 2.59. The van der Waals surface area contributed by atoms with Gasteiger partial charge >= 0.3 is 6.85 Å². The number of nitrogens with zero attached hydrogens (tertiary/aromatic N) is 1. The molecule has 0 atom stereocenters. The fraction of sp³-hybridized carbons (Fsp3) is 0. The lowest BCUT2D eigenvalue weighted by Crippen LogP contribution is -2.59. The lowest BCUT2D eigenvalue weighted by Gasteiger charge is -2.43. The number of hydrogen-bond acceptors (Lipinski definition) is 1. The molecule has 0 aliphatic carbocycles. The molecule has 8 rings (SSSR count). The van der Waals surface area contributed by atoms with E-state index in [0.29, 0.717) is 0 Å². The first-order valence-electron chi connectivity index (χ1n) is 11.9. The summed E-state index contributed by atoms with van der Waals surface area (Å²) >= 11 is 0. The molecule has 0 fully saturated rings. The van der Waals surface area contributed by atoms with E-state index in [2.05, 4.69) is 126 Å². The van der Waals surface area contributed by atoms with Crippen LogP contribution in [0.4, 0.5) is 11.4 Å². The van der Waals surface area contributed by atoms with Crippen molar-refractivity contribution in [3.8, 4) is 22.3 Å². The molecule has 0 N–H and O–H groups in total. The predicted octanol–water partition coefficient (Wildman–Crippen LogP) is 6.90. The zero-order valence-corrected chi connectivity index (χ0v) is 18.6. The summed E-state index contributed by atoms with van der Waals surface area (Å²) in [4.78, 5) is 2.59. The maximum absolute atomic E-state index is 2.59. The highest BCUT2D eigenvalue weighted by molar-refractivity contribution is 6.92. The third-order valence-electron chi connectivity index (χ3n) is 7.60. The third kappa shape index (κ3) is 2.35. The van der Waals surface area contributed by atoms with Crippen molar-refractivity contribution in [1.29, 1.82) is 0 Å². The molecule has 34 heavy (non-hydrogen) atoms. The Balaban J connectivity index is 1.54. The van der Waals surface area contributed by atoms with Gasteiger partial charge in [-0.3, -0.25) is 0 Å². The largest absolute Gasteiger partial charge is 0.376 e. The highest BCUT2D eigenvalue weighted by Gasteiger charge is 2.42. The van der Waals surface area contributed by atoms with Crippen molar-refractivity contribution in [3.63, 3.8) is 0 Å². The topological polar surface area (TPSA) is 3.24 Å². The van der Waals surface area contributed by atoms with Crippen molar-refractivity contribution in [2.24, 2.45) is 0 Å². The fourth-order valence-electron chi connectivity index (χ4n) is 6.10. The van der Waals surface area contributed by atoms with Gasteiger partial charge in [-0.05, 0) is 67.9 Å². The molecule has 6 aromatic carbocycles. The molecule has 6 aromatic rings. The van der Waals surface area contributed by atoms with Gasteiger partial charge in [0.2, 0.25) is 0 Å². The molecule has 0 radical (unpaired) electrons. The highest BCUT2D eigenvalue weighted by atomic mass is 15.1. The van der Waals surface area contributed by atoms with Crippen LogP contribution in [0.15, 0.2) is 121 Å². The molecule has 156 valence electrons. The molecule has 0 aromatic heterocycles. The fourth-order valence-corrected chi connectivity index (χ4v) is 6.10. The first kappa shape index (κ1) is 18.2. The third-order valence-corrected chi connectivity index (χ3v) is 7.60. The summed E-state index contributed by atoms with van der Waals surface area (Å²) in [5.74, 6) is 0. The van der Waals surface area contributed by atoms with E-state index < -0.39 is 0 Å². The van der Waals surface area contributed by atoms with Crippen LogP contribution in [0.2, 0.25) is 0 Å². The number of rotatable bonds is 0. The average molecular weight is 429 g/mol. The summed E-state index contributed by atoms with van der Waals surface area (Å²) in [6.45, 7) is 0.148. The van der Waals surface area contributed by atoms with Crippen LogP contribution in [-0.4, -0.2) is 6.85 Å². The molecule has 0 saturated carbocycles. The van der Waals surface area contributed by atoms with Crippen molar-refractivity contribution in [2.45, 2.75) is 0 Å². The van der Waals surface area contributed by atoms with Crippen LogP contribution in [0.3, 0.4) is 0 Å². The van der Waals surface area contributed by atoms with Crippen LogP contribution in [0.25, 0.3) is 43.8 Å². The highest BCUT2D eigenvalue weighted by Crippen LogP contribution is 2.47. The molecular weight excluding hydrogens is 409 g/mol. The quantitative estimate of drug-likeness (QED) is 0.238. The van der Waals surface area contributed by atoms with Crippen molar-refractivity contribution in [1.82, 2.24) is 0 Å². The summed E-state index contributed by atoms with van der Waals surface area (Å²) in [7, 11) is 0. The minimum Gasteiger partial charge on any atom is -0.376 e.